The van der Waals surface area contributed by atoms with Crippen molar-refractivity contribution >= 4 is 51.4 Å². The second-order valence-electron chi connectivity index (χ2n) is 4.13. The first kappa shape index (κ1) is 13.0. The van der Waals surface area contributed by atoms with Gasteiger partial charge in [0, 0.05) is 6.07 Å². The molecule has 3 rings (SSSR count). The molecule has 3 aromatic rings. The number of hydrogen-bond donors (Lipinski definition) is 2. The Morgan fingerprint density at radius 1 is 1.25 bits per heavy atom. The molecular weight excluding hydrogens is 296 g/mol. The van der Waals surface area contributed by atoms with Gasteiger partial charge in [0.15, 0.2) is 0 Å². The Labute approximate surface area is 124 Å². The second kappa shape index (κ2) is 5.15. The lowest BCUT2D eigenvalue weighted by Gasteiger charge is -2.12. The third-order valence-corrected chi connectivity index (χ3v) is 3.75. The van der Waals surface area contributed by atoms with Gasteiger partial charge in [-0.3, -0.25) is 0 Å². The summed E-state index contributed by atoms with van der Waals surface area (Å²) >= 11 is 7.38. The predicted molar refractivity (Wildman–Crippen MR) is 83.1 cm³/mol. The van der Waals surface area contributed by atoms with Gasteiger partial charge < -0.3 is 15.8 Å². The van der Waals surface area contributed by atoms with Gasteiger partial charge in [-0.2, -0.15) is 8.75 Å². The van der Waals surface area contributed by atoms with Crippen molar-refractivity contribution in [2.24, 2.45) is 0 Å². The van der Waals surface area contributed by atoms with Crippen LogP contribution in [0, 0.1) is 0 Å². The summed E-state index contributed by atoms with van der Waals surface area (Å²) < 4.78 is 13.6. The smallest absolute Gasteiger partial charge is 0.129 e. The van der Waals surface area contributed by atoms with Gasteiger partial charge in [0.2, 0.25) is 0 Å². The van der Waals surface area contributed by atoms with Crippen molar-refractivity contribution in [3.8, 4) is 5.75 Å². The average Bonchev–Trinajstić information content (AvgIpc) is 2.92. The van der Waals surface area contributed by atoms with Crippen LogP contribution >= 0.6 is 23.3 Å². The van der Waals surface area contributed by atoms with Gasteiger partial charge in [0.1, 0.15) is 16.8 Å². The van der Waals surface area contributed by atoms with Gasteiger partial charge in [-0.25, -0.2) is 0 Å². The van der Waals surface area contributed by atoms with E-state index in [2.05, 4.69) is 14.1 Å². The van der Waals surface area contributed by atoms with Crippen molar-refractivity contribution in [3.05, 3.63) is 35.4 Å². The fourth-order valence-electron chi connectivity index (χ4n) is 1.86. The molecule has 0 radical (unpaired) electrons. The van der Waals surface area contributed by atoms with E-state index in [4.69, 9.17) is 22.1 Å². The Hall–Kier alpha value is -2.05. The maximum absolute atomic E-state index is 6.23. The van der Waals surface area contributed by atoms with E-state index in [1.807, 2.05) is 18.2 Å². The van der Waals surface area contributed by atoms with Gasteiger partial charge in [0.05, 0.1) is 40.9 Å². The molecule has 5 nitrogen and oxygen atoms in total. The fourth-order valence-corrected chi connectivity index (χ4v) is 2.60. The highest BCUT2D eigenvalue weighted by atomic mass is 35.5. The molecule has 1 aromatic heterocycles. The van der Waals surface area contributed by atoms with Crippen LogP contribution in [0.4, 0.5) is 17.1 Å². The zero-order valence-corrected chi connectivity index (χ0v) is 12.1. The highest BCUT2D eigenvalue weighted by Gasteiger charge is 2.11. The molecule has 0 aliphatic rings. The van der Waals surface area contributed by atoms with Crippen LogP contribution in [0.5, 0.6) is 5.75 Å². The summed E-state index contributed by atoms with van der Waals surface area (Å²) in [4.78, 5) is 0. The van der Waals surface area contributed by atoms with Crippen LogP contribution in [0.3, 0.4) is 0 Å². The Balaban J connectivity index is 2.05. The molecular formula is C13H11ClN4OS. The summed E-state index contributed by atoms with van der Waals surface area (Å²) in [6.45, 7) is 0. The molecule has 0 spiro atoms. The number of anilines is 3. The van der Waals surface area contributed by atoms with Gasteiger partial charge in [0.25, 0.3) is 0 Å². The predicted octanol–water partition coefficient (Wildman–Crippen LogP) is 3.68. The van der Waals surface area contributed by atoms with E-state index < -0.39 is 0 Å². The van der Waals surface area contributed by atoms with E-state index in [0.29, 0.717) is 22.1 Å². The van der Waals surface area contributed by atoms with E-state index in [9.17, 15) is 0 Å². The molecule has 102 valence electrons. The molecule has 0 amide bonds. The van der Waals surface area contributed by atoms with Crippen molar-refractivity contribution in [2.45, 2.75) is 0 Å². The molecule has 7 heteroatoms. The van der Waals surface area contributed by atoms with E-state index in [1.165, 1.54) is 0 Å². The summed E-state index contributed by atoms with van der Waals surface area (Å²) in [5.41, 5.74) is 9.55. The number of methoxy groups -OCH3 is 1. The topological polar surface area (TPSA) is 73.1 Å². The first-order valence-corrected chi connectivity index (χ1v) is 6.91. The van der Waals surface area contributed by atoms with Crippen LogP contribution < -0.4 is 15.8 Å². The number of ether oxygens (including phenoxy) is 1. The molecule has 0 atom stereocenters. The van der Waals surface area contributed by atoms with Crippen LogP contribution in [0.2, 0.25) is 5.02 Å². The quantitative estimate of drug-likeness (QED) is 0.722. The minimum absolute atomic E-state index is 0.570. The first-order valence-electron chi connectivity index (χ1n) is 5.80. The Kier molecular flexibility index (Phi) is 3.33. The molecule has 20 heavy (non-hydrogen) atoms. The minimum atomic E-state index is 0.570. The van der Waals surface area contributed by atoms with Crippen LogP contribution in [0.1, 0.15) is 0 Å². The number of halogens is 1. The SMILES string of the molecule is COc1ccc(Nc2c(Cl)ccc3nsnc23)c(N)c1. The van der Waals surface area contributed by atoms with Crippen molar-refractivity contribution in [1.29, 1.82) is 0 Å². The largest absolute Gasteiger partial charge is 0.497 e. The molecule has 3 N–H and O–H groups in total. The number of nitrogens with two attached hydrogens (primary N) is 1. The molecule has 0 saturated carbocycles. The number of fused-ring (bicyclic) bond motifs is 1. The molecule has 1 heterocycles. The van der Waals surface area contributed by atoms with Crippen LogP contribution in [-0.4, -0.2) is 15.9 Å². The Morgan fingerprint density at radius 3 is 2.85 bits per heavy atom. The zero-order chi connectivity index (χ0) is 14.1. The Bertz CT molecular complexity index is 774. The first-order chi connectivity index (χ1) is 9.69. The molecule has 0 fully saturated rings. The second-order valence-corrected chi connectivity index (χ2v) is 5.07. The molecule has 0 saturated heterocycles. The van der Waals surface area contributed by atoms with Crippen LogP contribution in [0.25, 0.3) is 11.0 Å². The number of hydrogen-bond acceptors (Lipinski definition) is 6. The van der Waals surface area contributed by atoms with Gasteiger partial charge >= 0.3 is 0 Å². The lowest BCUT2D eigenvalue weighted by molar-refractivity contribution is 0.415. The van der Waals surface area contributed by atoms with Crippen molar-refractivity contribution in [3.63, 3.8) is 0 Å². The molecule has 0 unspecified atom stereocenters. The number of benzene rings is 2. The van der Waals surface area contributed by atoms with Crippen LogP contribution in [-0.2, 0) is 0 Å². The minimum Gasteiger partial charge on any atom is -0.497 e. The number of rotatable bonds is 3. The third kappa shape index (κ3) is 2.23. The maximum atomic E-state index is 6.23. The van der Waals surface area contributed by atoms with E-state index in [0.717, 1.165) is 28.4 Å². The summed E-state index contributed by atoms with van der Waals surface area (Å²) in [6, 6.07) is 9.03. The molecule has 0 aliphatic heterocycles. The highest BCUT2D eigenvalue weighted by Crippen LogP contribution is 2.35. The van der Waals surface area contributed by atoms with Gasteiger partial charge in [-0.1, -0.05) is 11.6 Å². The Morgan fingerprint density at radius 2 is 2.10 bits per heavy atom. The molecule has 0 aliphatic carbocycles. The summed E-state index contributed by atoms with van der Waals surface area (Å²) in [7, 11) is 1.60. The lowest BCUT2D eigenvalue weighted by atomic mass is 10.2. The monoisotopic (exact) mass is 306 g/mol. The number of nitrogen functional groups attached to an aromatic ring is 1. The maximum Gasteiger partial charge on any atom is 0.129 e. The third-order valence-electron chi connectivity index (χ3n) is 2.90. The highest BCUT2D eigenvalue weighted by molar-refractivity contribution is 7.00. The van der Waals surface area contributed by atoms with Gasteiger partial charge in [-0.05, 0) is 24.3 Å². The standard InChI is InChI=1S/C13H11ClN4OS/c1-19-7-2-4-10(9(15)6-7)16-12-8(14)3-5-11-13(12)18-20-17-11/h2-6,16H,15H2,1H3. The number of aromatic nitrogens is 2. The normalized spacial score (nSPS) is 10.7. The van der Waals surface area contributed by atoms with Crippen molar-refractivity contribution in [2.75, 3.05) is 18.2 Å². The zero-order valence-electron chi connectivity index (χ0n) is 10.6. The van der Waals surface area contributed by atoms with E-state index in [-0.39, 0.29) is 0 Å². The lowest BCUT2D eigenvalue weighted by Crippen LogP contribution is -1.98. The number of nitrogens with one attached hydrogen (secondary N) is 1. The summed E-state index contributed by atoms with van der Waals surface area (Å²) in [5, 5.41) is 3.78. The van der Waals surface area contributed by atoms with E-state index >= 15 is 0 Å². The summed E-state index contributed by atoms with van der Waals surface area (Å²) in [5.74, 6) is 0.702. The van der Waals surface area contributed by atoms with Crippen molar-refractivity contribution < 1.29 is 4.74 Å². The van der Waals surface area contributed by atoms with Gasteiger partial charge in [-0.15, -0.1) is 0 Å². The van der Waals surface area contributed by atoms with E-state index in [1.54, 1.807) is 19.2 Å². The fraction of sp³-hybridized carbons (Fsp3) is 0.0769. The molecule has 0 bridgehead atoms. The van der Waals surface area contributed by atoms with Crippen molar-refractivity contribution in [1.82, 2.24) is 8.75 Å². The van der Waals surface area contributed by atoms with Crippen LogP contribution in [0.15, 0.2) is 30.3 Å². The average molecular weight is 307 g/mol. The summed E-state index contributed by atoms with van der Waals surface area (Å²) in [6.07, 6.45) is 0. The molecule has 2 aromatic carbocycles. The number of nitrogens with zero attached hydrogens (tertiary/aromatic N) is 2.